The Kier molecular flexibility index (Phi) is 4.67. The van der Waals surface area contributed by atoms with Gasteiger partial charge in [-0.05, 0) is 30.5 Å². The predicted molar refractivity (Wildman–Crippen MR) is 112 cm³/mol. The minimum atomic E-state index is -0.758. The van der Waals surface area contributed by atoms with Gasteiger partial charge < -0.3 is 20.3 Å². The topological polar surface area (TPSA) is 88.8 Å². The number of nitrogens with two attached hydrogens (primary N) is 1. The molecule has 2 atom stereocenters. The molecule has 2 N–H and O–H groups in total. The molecule has 1 aromatic carbocycles. The number of carbonyl (C=O) groups excluding carboxylic acids is 2. The molecule has 2 aromatic rings. The van der Waals surface area contributed by atoms with Crippen molar-refractivity contribution in [3.05, 3.63) is 58.7 Å². The Morgan fingerprint density at radius 1 is 1.13 bits per heavy atom. The fraction of sp³-hybridized carbons (Fsp3) is 0.409. The number of rotatable bonds is 3. The van der Waals surface area contributed by atoms with E-state index in [4.69, 9.17) is 22.1 Å². The van der Waals surface area contributed by atoms with Crippen LogP contribution in [0.15, 0.2) is 42.5 Å². The van der Waals surface area contributed by atoms with Crippen LogP contribution in [0.3, 0.4) is 0 Å². The molecule has 8 heteroatoms. The van der Waals surface area contributed by atoms with Gasteiger partial charge in [0.2, 0.25) is 0 Å². The zero-order valence-corrected chi connectivity index (χ0v) is 17.2. The van der Waals surface area contributed by atoms with Crippen molar-refractivity contribution in [3.8, 4) is 0 Å². The van der Waals surface area contributed by atoms with E-state index >= 15 is 0 Å². The van der Waals surface area contributed by atoms with Crippen LogP contribution >= 0.6 is 11.6 Å². The summed E-state index contributed by atoms with van der Waals surface area (Å²) in [5.74, 6) is 0.177. The second-order valence-corrected chi connectivity index (χ2v) is 8.50. The predicted octanol–water partition coefficient (Wildman–Crippen LogP) is 2.89. The number of halogens is 1. The fourth-order valence-corrected chi connectivity index (χ4v) is 5.17. The molecule has 0 radical (unpaired) electrons. The van der Waals surface area contributed by atoms with E-state index in [1.165, 1.54) is 5.56 Å². The number of piperidine rings is 1. The number of primary amides is 1. The zero-order chi connectivity index (χ0) is 20.9. The van der Waals surface area contributed by atoms with Crippen LogP contribution in [-0.4, -0.2) is 46.6 Å². The summed E-state index contributed by atoms with van der Waals surface area (Å²) < 4.78 is 6.38. The third kappa shape index (κ3) is 3.04. The van der Waals surface area contributed by atoms with Crippen molar-refractivity contribution < 1.29 is 14.3 Å². The van der Waals surface area contributed by atoms with Crippen molar-refractivity contribution >= 4 is 29.2 Å². The van der Waals surface area contributed by atoms with Crippen LogP contribution in [0.5, 0.6) is 0 Å². The minimum absolute atomic E-state index is 0.0860. The van der Waals surface area contributed by atoms with Gasteiger partial charge in [-0.15, -0.1) is 0 Å². The molecule has 7 nitrogen and oxygen atoms in total. The SMILES string of the molecule is NC(=O)c1ccc(N2CCC3(CC2)O[C@@H]2CC[C@@H](c4ccccc4)N2C3=O)nc1Cl. The summed E-state index contributed by atoms with van der Waals surface area (Å²) in [4.78, 5) is 33.2. The van der Waals surface area contributed by atoms with E-state index in [-0.39, 0.29) is 28.9 Å². The largest absolute Gasteiger partial charge is 0.366 e. The van der Waals surface area contributed by atoms with Crippen LogP contribution in [0.25, 0.3) is 0 Å². The molecule has 1 aromatic heterocycles. The Morgan fingerprint density at radius 2 is 1.87 bits per heavy atom. The van der Waals surface area contributed by atoms with Gasteiger partial charge in [0, 0.05) is 25.9 Å². The Bertz CT molecular complexity index is 991. The normalized spacial score (nSPS) is 25.0. The molecule has 0 unspecified atom stereocenters. The standard InChI is InChI=1S/C22H23ClN4O3/c23-19-15(20(24)28)6-8-17(25-19)26-12-10-22(11-13-26)21(29)27-16(7-9-18(27)30-22)14-4-2-1-3-5-14/h1-6,8,16,18H,7,9-13H2,(H2,24,28)/t16-,18+/m0/s1. The number of amides is 2. The maximum absolute atomic E-state index is 13.5. The van der Waals surface area contributed by atoms with Gasteiger partial charge in [0.15, 0.2) is 5.60 Å². The number of hydrogen-bond donors (Lipinski definition) is 1. The Morgan fingerprint density at radius 3 is 2.53 bits per heavy atom. The second-order valence-electron chi connectivity index (χ2n) is 8.14. The molecule has 1 spiro atoms. The van der Waals surface area contributed by atoms with Gasteiger partial charge in [0.1, 0.15) is 17.2 Å². The number of fused-ring (bicyclic) bond motifs is 1. The first kappa shape index (κ1) is 19.3. The third-order valence-electron chi connectivity index (χ3n) is 6.50. The van der Waals surface area contributed by atoms with Gasteiger partial charge in [-0.2, -0.15) is 0 Å². The van der Waals surface area contributed by atoms with Crippen LogP contribution in [0.4, 0.5) is 5.82 Å². The minimum Gasteiger partial charge on any atom is -0.366 e. The summed E-state index contributed by atoms with van der Waals surface area (Å²) in [6.07, 6.45) is 2.84. The first-order valence-electron chi connectivity index (χ1n) is 10.3. The molecule has 30 heavy (non-hydrogen) atoms. The molecule has 3 aliphatic heterocycles. The van der Waals surface area contributed by atoms with E-state index < -0.39 is 11.5 Å². The highest BCUT2D eigenvalue weighted by Gasteiger charge is 2.57. The quantitative estimate of drug-likeness (QED) is 0.762. The number of carbonyl (C=O) groups is 2. The van der Waals surface area contributed by atoms with E-state index in [0.29, 0.717) is 31.7 Å². The molecule has 3 fully saturated rings. The van der Waals surface area contributed by atoms with Crippen LogP contribution in [-0.2, 0) is 9.53 Å². The van der Waals surface area contributed by atoms with Gasteiger partial charge in [0.05, 0.1) is 11.6 Å². The zero-order valence-electron chi connectivity index (χ0n) is 16.5. The summed E-state index contributed by atoms with van der Waals surface area (Å²) in [5.41, 5.74) is 5.91. The summed E-state index contributed by atoms with van der Waals surface area (Å²) in [5, 5.41) is 0.0971. The van der Waals surface area contributed by atoms with Crippen LogP contribution < -0.4 is 10.6 Å². The number of ether oxygens (including phenoxy) is 1. The van der Waals surface area contributed by atoms with Gasteiger partial charge in [0.25, 0.3) is 11.8 Å². The molecule has 0 aliphatic carbocycles. The maximum atomic E-state index is 13.5. The molecule has 4 heterocycles. The number of hydrogen-bond acceptors (Lipinski definition) is 5. The molecular formula is C22H23ClN4O3. The van der Waals surface area contributed by atoms with E-state index in [1.807, 2.05) is 23.1 Å². The van der Waals surface area contributed by atoms with Gasteiger partial charge in [-0.1, -0.05) is 41.9 Å². The van der Waals surface area contributed by atoms with E-state index in [2.05, 4.69) is 22.0 Å². The molecule has 156 valence electrons. The molecule has 3 saturated heterocycles. The van der Waals surface area contributed by atoms with E-state index in [0.717, 1.165) is 12.8 Å². The van der Waals surface area contributed by atoms with Crippen molar-refractivity contribution in [2.24, 2.45) is 5.73 Å². The Labute approximate surface area is 179 Å². The molecule has 3 aliphatic rings. The van der Waals surface area contributed by atoms with Crippen molar-refractivity contribution in [2.45, 2.75) is 43.6 Å². The Balaban J connectivity index is 1.31. The molecule has 2 amide bonds. The van der Waals surface area contributed by atoms with E-state index in [9.17, 15) is 9.59 Å². The van der Waals surface area contributed by atoms with Crippen molar-refractivity contribution in [1.29, 1.82) is 0 Å². The lowest BCUT2D eigenvalue weighted by molar-refractivity contribution is -0.140. The van der Waals surface area contributed by atoms with Crippen LogP contribution in [0, 0.1) is 0 Å². The summed E-state index contributed by atoms with van der Waals surface area (Å²) >= 11 is 6.10. The number of pyridine rings is 1. The monoisotopic (exact) mass is 426 g/mol. The summed E-state index contributed by atoms with van der Waals surface area (Å²) in [6.45, 7) is 1.25. The molecule has 0 saturated carbocycles. The average Bonchev–Trinajstić information content (AvgIpc) is 3.27. The average molecular weight is 427 g/mol. The lowest BCUT2D eigenvalue weighted by atomic mass is 9.89. The summed E-state index contributed by atoms with van der Waals surface area (Å²) in [7, 11) is 0. The van der Waals surface area contributed by atoms with Crippen molar-refractivity contribution in [2.75, 3.05) is 18.0 Å². The van der Waals surface area contributed by atoms with Crippen LogP contribution in [0.1, 0.15) is 47.6 Å². The maximum Gasteiger partial charge on any atom is 0.257 e. The van der Waals surface area contributed by atoms with Crippen molar-refractivity contribution in [3.63, 3.8) is 0 Å². The molecule has 5 rings (SSSR count). The first-order valence-corrected chi connectivity index (χ1v) is 10.6. The first-order chi connectivity index (χ1) is 14.5. The Hall–Kier alpha value is -2.64. The van der Waals surface area contributed by atoms with Gasteiger partial charge >= 0.3 is 0 Å². The van der Waals surface area contributed by atoms with Gasteiger partial charge in [-0.25, -0.2) is 4.98 Å². The fourth-order valence-electron chi connectivity index (χ4n) is 4.93. The molecule has 0 bridgehead atoms. The summed E-state index contributed by atoms with van der Waals surface area (Å²) in [6, 6.07) is 13.6. The number of benzene rings is 1. The number of aromatic nitrogens is 1. The lowest BCUT2D eigenvalue weighted by Crippen LogP contribution is -2.50. The third-order valence-corrected chi connectivity index (χ3v) is 6.79. The highest BCUT2D eigenvalue weighted by atomic mass is 35.5. The highest BCUT2D eigenvalue weighted by molar-refractivity contribution is 6.32. The second kappa shape index (κ2) is 7.25. The van der Waals surface area contributed by atoms with Crippen LogP contribution in [0.2, 0.25) is 5.15 Å². The van der Waals surface area contributed by atoms with Crippen molar-refractivity contribution in [1.82, 2.24) is 9.88 Å². The van der Waals surface area contributed by atoms with Gasteiger partial charge in [-0.3, -0.25) is 9.59 Å². The number of anilines is 1. The number of nitrogens with zero attached hydrogens (tertiary/aromatic N) is 3. The molecular weight excluding hydrogens is 404 g/mol. The highest BCUT2D eigenvalue weighted by Crippen LogP contribution is 2.47. The van der Waals surface area contributed by atoms with E-state index in [1.54, 1.807) is 12.1 Å². The lowest BCUT2D eigenvalue weighted by Gasteiger charge is -2.38. The smallest absolute Gasteiger partial charge is 0.257 e.